The molecule has 0 aliphatic heterocycles. The lowest BCUT2D eigenvalue weighted by atomic mass is 10.0. The average molecular weight is 448 g/mol. The second-order valence-corrected chi connectivity index (χ2v) is 7.83. The Kier molecular flexibility index (Phi) is 6.21. The van der Waals surface area contributed by atoms with Crippen molar-refractivity contribution in [2.45, 2.75) is 25.7 Å². The van der Waals surface area contributed by atoms with Crippen molar-refractivity contribution in [3.8, 4) is 11.1 Å². The number of aromatic nitrogens is 5. The quantitative estimate of drug-likeness (QED) is 0.459. The smallest absolute Gasteiger partial charge is 0.272 e. The van der Waals surface area contributed by atoms with Gasteiger partial charge < -0.3 is 5.32 Å². The lowest BCUT2D eigenvalue weighted by Crippen LogP contribution is -2.16. The molecular formula is C24H22F2N6O. The third kappa shape index (κ3) is 5.82. The largest absolute Gasteiger partial charge is 0.310 e. The molecule has 4 aromatic rings. The summed E-state index contributed by atoms with van der Waals surface area (Å²) >= 11 is 0. The van der Waals surface area contributed by atoms with E-state index < -0.39 is 5.92 Å². The van der Waals surface area contributed by atoms with Crippen LogP contribution in [0.2, 0.25) is 0 Å². The highest BCUT2D eigenvalue weighted by atomic mass is 19.3. The minimum Gasteiger partial charge on any atom is -0.310 e. The number of amides is 1. The van der Waals surface area contributed by atoms with E-state index >= 15 is 0 Å². The Hall–Kier alpha value is -4.01. The third-order valence-corrected chi connectivity index (χ3v) is 5.02. The minimum absolute atomic E-state index is 0.133. The molecule has 4 rings (SSSR count). The highest BCUT2D eigenvalue weighted by molar-refractivity contribution is 5.91. The second kappa shape index (κ2) is 9.23. The van der Waals surface area contributed by atoms with Gasteiger partial charge in [-0.25, -0.2) is 23.7 Å². The highest BCUT2D eigenvalue weighted by Gasteiger charge is 2.24. The Bertz CT molecular complexity index is 1230. The molecule has 0 spiro atoms. The average Bonchev–Trinajstić information content (AvgIpc) is 3.19. The molecule has 1 N–H and O–H groups in total. The van der Waals surface area contributed by atoms with Crippen LogP contribution in [0.1, 0.15) is 29.4 Å². The first-order valence-electron chi connectivity index (χ1n) is 10.3. The maximum atomic E-state index is 13.3. The summed E-state index contributed by atoms with van der Waals surface area (Å²) < 4.78 is 28.3. The molecule has 0 unspecified atom stereocenters. The molecule has 3 heterocycles. The van der Waals surface area contributed by atoms with E-state index in [0.717, 1.165) is 35.4 Å². The fourth-order valence-corrected chi connectivity index (χ4v) is 3.26. The van der Waals surface area contributed by atoms with Gasteiger partial charge in [0.2, 0.25) is 5.91 Å². The number of aryl methyl sites for hydroxylation is 1. The first kappa shape index (κ1) is 22.2. The molecule has 0 saturated heterocycles. The van der Waals surface area contributed by atoms with Gasteiger partial charge in [-0.1, -0.05) is 24.3 Å². The molecule has 0 bridgehead atoms. The van der Waals surface area contributed by atoms with E-state index in [4.69, 9.17) is 0 Å². The van der Waals surface area contributed by atoms with Gasteiger partial charge in [-0.05, 0) is 28.8 Å². The summed E-state index contributed by atoms with van der Waals surface area (Å²) in [6, 6.07) is 10.1. The predicted molar refractivity (Wildman–Crippen MR) is 120 cm³/mol. The van der Waals surface area contributed by atoms with Gasteiger partial charge in [0.05, 0.1) is 12.6 Å². The molecule has 9 heteroatoms. The van der Waals surface area contributed by atoms with E-state index in [1.807, 2.05) is 37.5 Å². The van der Waals surface area contributed by atoms with Crippen LogP contribution in [0.25, 0.3) is 11.1 Å². The fraction of sp³-hybridized carbons (Fsp3) is 0.208. The van der Waals surface area contributed by atoms with E-state index in [2.05, 4.69) is 25.4 Å². The number of benzene rings is 1. The first-order chi connectivity index (χ1) is 15.8. The SMILES string of the molecule is Cn1cc(Cc2ncc(-c3ccc(CC(=O)Nc4ccc(C(C)(F)F)cn4)cc3)cn2)cn1. The lowest BCUT2D eigenvalue weighted by Gasteiger charge is -2.11. The molecule has 0 aliphatic carbocycles. The number of carbonyl (C=O) groups is 1. The summed E-state index contributed by atoms with van der Waals surface area (Å²) in [5.74, 6) is -2.31. The molecule has 1 aromatic carbocycles. The Morgan fingerprint density at radius 3 is 2.24 bits per heavy atom. The van der Waals surface area contributed by atoms with Crippen LogP contribution < -0.4 is 5.32 Å². The summed E-state index contributed by atoms with van der Waals surface area (Å²) in [5.41, 5.74) is 3.46. The van der Waals surface area contributed by atoms with Gasteiger partial charge in [-0.15, -0.1) is 0 Å². The number of halogens is 2. The Labute approximate surface area is 189 Å². The molecule has 0 fully saturated rings. The van der Waals surface area contributed by atoms with Crippen LogP contribution in [-0.4, -0.2) is 30.6 Å². The first-order valence-corrected chi connectivity index (χ1v) is 10.3. The van der Waals surface area contributed by atoms with Gasteiger partial charge in [0.25, 0.3) is 5.92 Å². The van der Waals surface area contributed by atoms with Crippen LogP contribution in [0.3, 0.4) is 0 Å². The summed E-state index contributed by atoms with van der Waals surface area (Å²) in [6.07, 6.45) is 9.08. The number of pyridine rings is 1. The van der Waals surface area contributed by atoms with Gasteiger partial charge in [-0.3, -0.25) is 9.48 Å². The van der Waals surface area contributed by atoms with Crippen LogP contribution in [0.15, 0.2) is 67.4 Å². The van der Waals surface area contributed by atoms with Crippen molar-refractivity contribution in [3.05, 3.63) is 89.9 Å². The maximum absolute atomic E-state index is 13.3. The molecule has 1 amide bonds. The van der Waals surface area contributed by atoms with Crippen molar-refractivity contribution in [2.24, 2.45) is 7.05 Å². The van der Waals surface area contributed by atoms with Crippen molar-refractivity contribution < 1.29 is 13.6 Å². The molecule has 168 valence electrons. The maximum Gasteiger partial charge on any atom is 0.272 e. The zero-order valence-corrected chi connectivity index (χ0v) is 18.2. The molecule has 3 aromatic heterocycles. The van der Waals surface area contributed by atoms with E-state index in [1.165, 1.54) is 12.1 Å². The molecular weight excluding hydrogens is 426 g/mol. The van der Waals surface area contributed by atoms with E-state index in [-0.39, 0.29) is 23.7 Å². The zero-order valence-electron chi connectivity index (χ0n) is 18.2. The van der Waals surface area contributed by atoms with Gasteiger partial charge in [-0.2, -0.15) is 5.10 Å². The molecule has 0 atom stereocenters. The molecule has 0 aliphatic rings. The third-order valence-electron chi connectivity index (χ3n) is 5.02. The fourth-order valence-electron chi connectivity index (χ4n) is 3.26. The lowest BCUT2D eigenvalue weighted by molar-refractivity contribution is -0.115. The van der Waals surface area contributed by atoms with E-state index in [9.17, 15) is 13.6 Å². The Balaban J connectivity index is 1.34. The molecule has 7 nitrogen and oxygen atoms in total. The number of alkyl halides is 2. The minimum atomic E-state index is -2.97. The molecule has 0 saturated carbocycles. The van der Waals surface area contributed by atoms with Gasteiger partial charge in [0.15, 0.2) is 0 Å². The highest BCUT2D eigenvalue weighted by Crippen LogP contribution is 2.26. The summed E-state index contributed by atoms with van der Waals surface area (Å²) in [7, 11) is 1.87. The zero-order chi connectivity index (χ0) is 23.4. The number of hydrogen-bond acceptors (Lipinski definition) is 5. The predicted octanol–water partition coefficient (Wildman–Crippen LogP) is 4.16. The normalized spacial score (nSPS) is 11.4. The summed E-state index contributed by atoms with van der Waals surface area (Å²) in [5, 5.41) is 6.77. The topological polar surface area (TPSA) is 85.6 Å². The number of nitrogens with zero attached hydrogens (tertiary/aromatic N) is 5. The van der Waals surface area contributed by atoms with Crippen molar-refractivity contribution in [2.75, 3.05) is 5.32 Å². The number of hydrogen-bond donors (Lipinski definition) is 1. The van der Waals surface area contributed by atoms with Crippen LogP contribution in [0, 0.1) is 0 Å². The van der Waals surface area contributed by atoms with Crippen LogP contribution in [0.4, 0.5) is 14.6 Å². The second-order valence-electron chi connectivity index (χ2n) is 7.83. The number of nitrogens with one attached hydrogen (secondary N) is 1. The van der Waals surface area contributed by atoms with Gasteiger partial charge >= 0.3 is 0 Å². The van der Waals surface area contributed by atoms with Crippen LogP contribution in [0.5, 0.6) is 0 Å². The number of carbonyl (C=O) groups excluding carboxylic acids is 1. The Morgan fingerprint density at radius 2 is 1.67 bits per heavy atom. The van der Waals surface area contributed by atoms with E-state index in [0.29, 0.717) is 12.2 Å². The van der Waals surface area contributed by atoms with Crippen molar-refractivity contribution >= 4 is 11.7 Å². The van der Waals surface area contributed by atoms with Crippen LogP contribution >= 0.6 is 0 Å². The van der Waals surface area contributed by atoms with E-state index in [1.54, 1.807) is 23.3 Å². The van der Waals surface area contributed by atoms with Gasteiger partial charge in [0, 0.05) is 56.3 Å². The Morgan fingerprint density at radius 1 is 0.939 bits per heavy atom. The number of rotatable bonds is 7. The standard InChI is InChI=1S/C24H22F2N6O/c1-24(25,26)20-7-8-21(29-14-20)31-23(33)10-16-3-5-18(6-4-16)19-12-27-22(28-13-19)9-17-11-30-32(2)15-17/h3-8,11-15H,9-10H2,1-2H3,(H,29,31,33). The molecule has 0 radical (unpaired) electrons. The summed E-state index contributed by atoms with van der Waals surface area (Å²) in [6.45, 7) is 0.800. The van der Waals surface area contributed by atoms with Gasteiger partial charge in [0.1, 0.15) is 11.6 Å². The van der Waals surface area contributed by atoms with Crippen molar-refractivity contribution in [1.29, 1.82) is 0 Å². The molecule has 33 heavy (non-hydrogen) atoms. The van der Waals surface area contributed by atoms with Crippen LogP contribution in [-0.2, 0) is 30.6 Å². The van der Waals surface area contributed by atoms with Crippen molar-refractivity contribution in [3.63, 3.8) is 0 Å². The monoisotopic (exact) mass is 448 g/mol. The number of anilines is 1. The summed E-state index contributed by atoms with van der Waals surface area (Å²) in [4.78, 5) is 25.0. The van der Waals surface area contributed by atoms with Crippen molar-refractivity contribution in [1.82, 2.24) is 24.7 Å².